The highest BCUT2D eigenvalue weighted by Gasteiger charge is 2.03. The predicted octanol–water partition coefficient (Wildman–Crippen LogP) is 1.30. The van der Waals surface area contributed by atoms with Gasteiger partial charge < -0.3 is 10.3 Å². The highest BCUT2D eigenvalue weighted by molar-refractivity contribution is 6.55. The first-order valence-electron chi connectivity index (χ1n) is 4.79. The lowest BCUT2D eigenvalue weighted by atomic mass is 10.6. The van der Waals surface area contributed by atoms with Gasteiger partial charge in [-0.25, -0.2) is 0 Å². The second kappa shape index (κ2) is 8.24. The third kappa shape index (κ3) is 6.53. The van der Waals surface area contributed by atoms with Gasteiger partial charge in [0.05, 0.1) is 0 Å². The lowest BCUT2D eigenvalue weighted by molar-refractivity contribution is 0.694. The van der Waals surface area contributed by atoms with E-state index in [0.29, 0.717) is 0 Å². The van der Waals surface area contributed by atoms with E-state index in [9.17, 15) is 0 Å². The molecule has 3 heteroatoms. The fraction of sp³-hybridized carbons (Fsp3) is 1.00. The second-order valence-electron chi connectivity index (χ2n) is 2.88. The summed E-state index contributed by atoms with van der Waals surface area (Å²) in [5.41, 5.74) is 0. The summed E-state index contributed by atoms with van der Waals surface area (Å²) in [7, 11) is -0.557. The molecule has 1 atom stereocenters. The Labute approximate surface area is 72.5 Å². The van der Waals surface area contributed by atoms with Crippen LogP contribution in [0.15, 0.2) is 0 Å². The Hall–Kier alpha value is 0.137. The molecule has 1 unspecified atom stereocenters. The van der Waals surface area contributed by atoms with E-state index in [4.69, 9.17) is 0 Å². The minimum Gasteiger partial charge on any atom is -0.328 e. The van der Waals surface area contributed by atoms with Gasteiger partial charge in [-0.1, -0.05) is 27.2 Å². The zero-order valence-electron chi connectivity index (χ0n) is 8.11. The lowest BCUT2D eigenvalue weighted by Crippen LogP contribution is -2.39. The Morgan fingerprint density at radius 3 is 2.36 bits per heavy atom. The summed E-state index contributed by atoms with van der Waals surface area (Å²) in [6.07, 6.45) is 1.34. The molecule has 0 aliphatic heterocycles. The van der Waals surface area contributed by atoms with Gasteiger partial charge >= 0.3 is 0 Å². The third-order valence-corrected chi connectivity index (χ3v) is 4.94. The standard InChI is InChI=1S/C8H22N2Si/c1-4-7-11(6-3)10-8-9-5-2/h9-11H,4-8H2,1-3H3. The first-order chi connectivity index (χ1) is 5.35. The van der Waals surface area contributed by atoms with E-state index in [0.717, 1.165) is 13.2 Å². The van der Waals surface area contributed by atoms with E-state index in [2.05, 4.69) is 31.1 Å². The molecule has 0 bridgehead atoms. The molecule has 11 heavy (non-hydrogen) atoms. The van der Waals surface area contributed by atoms with Crippen LogP contribution in [0.3, 0.4) is 0 Å². The van der Waals surface area contributed by atoms with Crippen molar-refractivity contribution in [3.8, 4) is 0 Å². The normalized spacial score (nSPS) is 13.4. The fourth-order valence-corrected chi connectivity index (χ4v) is 3.17. The van der Waals surface area contributed by atoms with Crippen LogP contribution in [0, 0.1) is 0 Å². The van der Waals surface area contributed by atoms with Gasteiger partial charge in [-0.05, 0) is 18.6 Å². The van der Waals surface area contributed by atoms with Crippen molar-refractivity contribution in [1.82, 2.24) is 10.3 Å². The molecule has 68 valence electrons. The van der Waals surface area contributed by atoms with Gasteiger partial charge in [0.2, 0.25) is 0 Å². The summed E-state index contributed by atoms with van der Waals surface area (Å²) in [4.78, 5) is 3.60. The molecule has 2 nitrogen and oxygen atoms in total. The number of hydrogen-bond acceptors (Lipinski definition) is 2. The van der Waals surface area contributed by atoms with Crippen molar-refractivity contribution in [2.45, 2.75) is 39.3 Å². The van der Waals surface area contributed by atoms with Crippen LogP contribution in [-0.2, 0) is 0 Å². The maximum atomic E-state index is 3.60. The minimum absolute atomic E-state index is 0.557. The highest BCUT2D eigenvalue weighted by Crippen LogP contribution is 1.97. The van der Waals surface area contributed by atoms with Crippen molar-refractivity contribution in [3.05, 3.63) is 0 Å². The molecule has 0 radical (unpaired) electrons. The Morgan fingerprint density at radius 2 is 1.91 bits per heavy atom. The van der Waals surface area contributed by atoms with Gasteiger partial charge in [-0.3, -0.25) is 0 Å². The summed E-state index contributed by atoms with van der Waals surface area (Å²) in [6.45, 7) is 8.80. The quantitative estimate of drug-likeness (QED) is 0.345. The highest BCUT2D eigenvalue weighted by atomic mass is 28.3. The molecule has 0 heterocycles. The Kier molecular flexibility index (Phi) is 8.34. The molecule has 0 spiro atoms. The van der Waals surface area contributed by atoms with E-state index >= 15 is 0 Å². The maximum absolute atomic E-state index is 3.60. The molecule has 0 rings (SSSR count). The smallest absolute Gasteiger partial charge is 0.109 e. The first-order valence-corrected chi connectivity index (χ1v) is 7.00. The van der Waals surface area contributed by atoms with Crippen molar-refractivity contribution in [3.63, 3.8) is 0 Å². The van der Waals surface area contributed by atoms with E-state index in [1.807, 2.05) is 0 Å². The van der Waals surface area contributed by atoms with Crippen molar-refractivity contribution < 1.29 is 0 Å². The summed E-state index contributed by atoms with van der Waals surface area (Å²) in [5, 5.41) is 3.30. The van der Waals surface area contributed by atoms with Gasteiger partial charge in [-0.2, -0.15) is 0 Å². The van der Waals surface area contributed by atoms with Gasteiger partial charge in [0.25, 0.3) is 0 Å². The number of nitrogens with one attached hydrogen (secondary N) is 2. The Morgan fingerprint density at radius 1 is 1.18 bits per heavy atom. The van der Waals surface area contributed by atoms with E-state index in [1.54, 1.807) is 0 Å². The van der Waals surface area contributed by atoms with Crippen LogP contribution in [-0.4, -0.2) is 22.2 Å². The summed E-state index contributed by atoms with van der Waals surface area (Å²) in [6, 6.07) is 2.81. The van der Waals surface area contributed by atoms with E-state index < -0.39 is 8.96 Å². The van der Waals surface area contributed by atoms with Crippen LogP contribution >= 0.6 is 0 Å². The molecule has 0 aromatic heterocycles. The van der Waals surface area contributed by atoms with Gasteiger partial charge in [0.15, 0.2) is 0 Å². The first kappa shape index (κ1) is 11.1. The zero-order chi connectivity index (χ0) is 8.53. The zero-order valence-corrected chi connectivity index (χ0v) is 9.27. The van der Waals surface area contributed by atoms with Crippen molar-refractivity contribution in [2.24, 2.45) is 0 Å². The summed E-state index contributed by atoms with van der Waals surface area (Å²) >= 11 is 0. The molecule has 0 fully saturated rings. The fourth-order valence-electron chi connectivity index (χ4n) is 1.14. The van der Waals surface area contributed by atoms with Crippen LogP contribution in [0.2, 0.25) is 12.1 Å². The molecular formula is C8H22N2Si. The molecule has 0 saturated carbocycles. The van der Waals surface area contributed by atoms with Gasteiger partial charge in [0, 0.05) is 6.67 Å². The SMILES string of the molecule is CCC[SiH](CC)NCNCC. The molecule has 0 aromatic carbocycles. The topological polar surface area (TPSA) is 24.1 Å². The van der Waals surface area contributed by atoms with Crippen molar-refractivity contribution in [2.75, 3.05) is 13.2 Å². The van der Waals surface area contributed by atoms with Gasteiger partial charge in [0.1, 0.15) is 8.96 Å². The molecule has 0 amide bonds. The van der Waals surface area contributed by atoms with E-state index in [-0.39, 0.29) is 0 Å². The van der Waals surface area contributed by atoms with Crippen LogP contribution in [0.25, 0.3) is 0 Å². The number of hydrogen-bond donors (Lipinski definition) is 2. The maximum Gasteiger partial charge on any atom is 0.109 e. The lowest BCUT2D eigenvalue weighted by Gasteiger charge is -2.13. The van der Waals surface area contributed by atoms with Crippen LogP contribution in [0.4, 0.5) is 0 Å². The average molecular weight is 174 g/mol. The largest absolute Gasteiger partial charge is 0.328 e. The molecule has 0 saturated heterocycles. The molecule has 2 N–H and O–H groups in total. The molecule has 0 aliphatic carbocycles. The predicted molar refractivity (Wildman–Crippen MR) is 54.4 cm³/mol. The third-order valence-electron chi connectivity index (χ3n) is 1.90. The molecule has 0 aromatic rings. The molecule has 0 aliphatic rings. The second-order valence-corrected chi connectivity index (χ2v) is 6.07. The monoisotopic (exact) mass is 174 g/mol. The van der Waals surface area contributed by atoms with Crippen molar-refractivity contribution in [1.29, 1.82) is 0 Å². The van der Waals surface area contributed by atoms with Crippen LogP contribution in [0.1, 0.15) is 27.2 Å². The van der Waals surface area contributed by atoms with Crippen LogP contribution in [0.5, 0.6) is 0 Å². The van der Waals surface area contributed by atoms with E-state index in [1.165, 1.54) is 18.5 Å². The Bertz CT molecular complexity index is 78.5. The average Bonchev–Trinajstić information content (AvgIpc) is 2.03. The molecular weight excluding hydrogens is 152 g/mol. The summed E-state index contributed by atoms with van der Waals surface area (Å²) < 4.78 is 0. The van der Waals surface area contributed by atoms with Gasteiger partial charge in [-0.15, -0.1) is 0 Å². The minimum atomic E-state index is -0.557. The Balaban J connectivity index is 3.20. The number of rotatable bonds is 7. The summed E-state index contributed by atoms with van der Waals surface area (Å²) in [5.74, 6) is 0. The van der Waals surface area contributed by atoms with Crippen molar-refractivity contribution >= 4 is 8.96 Å². The van der Waals surface area contributed by atoms with Crippen LogP contribution < -0.4 is 10.3 Å².